The summed E-state index contributed by atoms with van der Waals surface area (Å²) in [5.41, 5.74) is -3.88. The second-order valence-corrected chi connectivity index (χ2v) is 4.55. The van der Waals surface area contributed by atoms with Gasteiger partial charge in [0.1, 0.15) is 5.82 Å². The molecule has 1 aliphatic heterocycles. The number of nitrogens with zero attached hydrogens (tertiary/aromatic N) is 4. The van der Waals surface area contributed by atoms with Crippen molar-refractivity contribution >= 4 is 36.0 Å². The smallest absolute Gasteiger partial charge is 0.331 e. The predicted octanol–water partition coefficient (Wildman–Crippen LogP) is 3.58. The number of alkyl halides is 6. The molecule has 0 atom stereocenters. The minimum Gasteiger partial charge on any atom is -0.331 e. The highest BCUT2D eigenvalue weighted by Crippen LogP contribution is 2.42. The number of aliphatic imine (C=N–C) groups is 1. The summed E-state index contributed by atoms with van der Waals surface area (Å²) < 4.78 is 78.4. The second kappa shape index (κ2) is 4.38. The van der Waals surface area contributed by atoms with Gasteiger partial charge in [0.15, 0.2) is 5.65 Å². The third-order valence-corrected chi connectivity index (χ3v) is 2.99. The molecule has 2 aromatic heterocycles. The first-order valence-electron chi connectivity index (χ1n) is 5.50. The van der Waals surface area contributed by atoms with E-state index >= 15 is 0 Å². The van der Waals surface area contributed by atoms with Crippen molar-refractivity contribution in [2.24, 2.45) is 4.99 Å². The van der Waals surface area contributed by atoms with E-state index in [2.05, 4.69) is 32.5 Å². The van der Waals surface area contributed by atoms with E-state index < -0.39 is 45.7 Å². The third-order valence-electron chi connectivity index (χ3n) is 2.81. The van der Waals surface area contributed by atoms with Gasteiger partial charge in [-0.3, -0.25) is 0 Å². The van der Waals surface area contributed by atoms with E-state index in [-0.39, 0.29) is 6.07 Å². The van der Waals surface area contributed by atoms with Crippen molar-refractivity contribution in [2.45, 2.75) is 12.4 Å². The Morgan fingerprint density at radius 1 is 1.00 bits per heavy atom. The van der Waals surface area contributed by atoms with Crippen molar-refractivity contribution in [1.82, 2.24) is 14.4 Å². The number of anilines is 1. The van der Waals surface area contributed by atoms with Gasteiger partial charge < -0.3 is 5.32 Å². The number of nitrogens with one attached hydrogen (secondary N) is 1. The Bertz CT molecular complexity index is 865. The normalized spacial score (nSPS) is 14.3. The number of rotatable bonds is 0. The molecular formula is C10H3F6N5S. The number of pyridine rings is 1. The van der Waals surface area contributed by atoms with Crippen LogP contribution in [-0.2, 0) is 12.4 Å². The lowest BCUT2D eigenvalue weighted by Gasteiger charge is -2.22. The number of hydrogen-bond acceptors (Lipinski definition) is 5. The molecule has 3 heterocycles. The molecule has 0 fully saturated rings. The fourth-order valence-electron chi connectivity index (χ4n) is 1.98. The maximum absolute atomic E-state index is 13.1. The summed E-state index contributed by atoms with van der Waals surface area (Å²) in [4.78, 5) is 10.6. The van der Waals surface area contributed by atoms with Gasteiger partial charge in [0, 0.05) is 0 Å². The average Bonchev–Trinajstić information content (AvgIpc) is 2.35. The molecule has 116 valence electrons. The molecule has 0 unspecified atom stereocenters. The largest absolute Gasteiger partial charge is 0.420 e. The topological polar surface area (TPSA) is 54.6 Å². The van der Waals surface area contributed by atoms with Crippen LogP contribution >= 0.6 is 12.2 Å². The molecule has 5 nitrogen and oxygen atoms in total. The first-order valence-corrected chi connectivity index (χ1v) is 5.91. The van der Waals surface area contributed by atoms with Crippen molar-refractivity contribution < 1.29 is 26.3 Å². The van der Waals surface area contributed by atoms with Gasteiger partial charge in [-0.05, 0) is 18.3 Å². The van der Waals surface area contributed by atoms with Gasteiger partial charge in [0.05, 0.1) is 17.5 Å². The van der Waals surface area contributed by atoms with Crippen LogP contribution in [0.2, 0.25) is 0 Å². The van der Waals surface area contributed by atoms with E-state index in [1.807, 2.05) is 0 Å². The summed E-state index contributed by atoms with van der Waals surface area (Å²) in [6.07, 6.45) is -9.19. The number of aromatic nitrogens is 3. The maximum Gasteiger partial charge on any atom is 0.420 e. The molecule has 2 aromatic rings. The minimum atomic E-state index is -5.06. The molecule has 0 saturated heterocycles. The van der Waals surface area contributed by atoms with Crippen LogP contribution < -0.4 is 5.32 Å². The van der Waals surface area contributed by atoms with Gasteiger partial charge in [-0.15, -0.1) is 0 Å². The van der Waals surface area contributed by atoms with Gasteiger partial charge in [0.25, 0.3) is 0 Å². The zero-order chi connectivity index (χ0) is 16.3. The molecule has 0 radical (unpaired) electrons. The monoisotopic (exact) mass is 339 g/mol. The fraction of sp³-hybridized carbons (Fsp3) is 0.200. The maximum atomic E-state index is 13.1. The van der Waals surface area contributed by atoms with Gasteiger partial charge in [-0.2, -0.15) is 36.3 Å². The zero-order valence-electron chi connectivity index (χ0n) is 10.1. The van der Waals surface area contributed by atoms with E-state index in [1.54, 1.807) is 0 Å². The summed E-state index contributed by atoms with van der Waals surface area (Å²) in [5.74, 6) is -1.07. The van der Waals surface area contributed by atoms with Gasteiger partial charge in [-0.25, -0.2) is 9.39 Å². The molecule has 0 aliphatic carbocycles. The Balaban J connectivity index is 2.56. The van der Waals surface area contributed by atoms with Crippen LogP contribution in [0.5, 0.6) is 0 Å². The molecule has 0 bridgehead atoms. The highest BCUT2D eigenvalue weighted by molar-refractivity contribution is 7.71. The van der Waals surface area contributed by atoms with E-state index in [0.717, 1.165) is 6.34 Å². The fourth-order valence-corrected chi connectivity index (χ4v) is 2.15. The lowest BCUT2D eigenvalue weighted by atomic mass is 10.1. The van der Waals surface area contributed by atoms with Crippen molar-refractivity contribution in [3.05, 3.63) is 22.0 Å². The first kappa shape index (κ1) is 14.7. The van der Waals surface area contributed by atoms with E-state index in [9.17, 15) is 26.3 Å². The summed E-state index contributed by atoms with van der Waals surface area (Å²) >= 11 is 4.63. The Labute approximate surface area is 122 Å². The predicted molar refractivity (Wildman–Crippen MR) is 65.6 cm³/mol. The quantitative estimate of drug-likeness (QED) is 0.589. The Morgan fingerprint density at radius 3 is 2.23 bits per heavy atom. The van der Waals surface area contributed by atoms with Crippen molar-refractivity contribution in [1.29, 1.82) is 0 Å². The molecule has 12 heteroatoms. The SMILES string of the molecule is FC(F)(F)c1cc(C(F)(F)F)c2nc(=S)nc3n2c1NC=N3. The van der Waals surface area contributed by atoms with E-state index in [0.29, 0.717) is 4.40 Å². The van der Waals surface area contributed by atoms with Gasteiger partial charge in [-0.1, -0.05) is 0 Å². The highest BCUT2D eigenvalue weighted by Gasteiger charge is 2.42. The number of halogens is 6. The molecular weight excluding hydrogens is 336 g/mol. The molecule has 22 heavy (non-hydrogen) atoms. The van der Waals surface area contributed by atoms with Crippen molar-refractivity contribution in [2.75, 3.05) is 5.32 Å². The molecule has 3 rings (SSSR count). The van der Waals surface area contributed by atoms with Crippen LogP contribution in [0, 0.1) is 4.77 Å². The average molecular weight is 339 g/mol. The Hall–Kier alpha value is -2.24. The summed E-state index contributed by atoms with van der Waals surface area (Å²) in [5, 5.41) is 2.17. The van der Waals surface area contributed by atoms with Crippen LogP contribution in [0.25, 0.3) is 5.65 Å². The molecule has 0 amide bonds. The minimum absolute atomic E-state index is 0.0115. The standard InChI is InChI=1S/C10H3F6N5S/c11-9(12,13)3-1-4(10(14,15)16)6-19-8(22)20-7-18-2-17-5(3)21(6)7/h1-2H,(H,17,18,19,20,22). The van der Waals surface area contributed by atoms with Crippen molar-refractivity contribution in [3.8, 4) is 0 Å². The van der Waals surface area contributed by atoms with E-state index in [4.69, 9.17) is 0 Å². The Kier molecular flexibility index (Phi) is 2.92. The van der Waals surface area contributed by atoms with Crippen LogP contribution in [0.1, 0.15) is 11.1 Å². The van der Waals surface area contributed by atoms with E-state index in [1.165, 1.54) is 0 Å². The third kappa shape index (κ3) is 2.19. The van der Waals surface area contributed by atoms with Crippen molar-refractivity contribution in [3.63, 3.8) is 0 Å². The van der Waals surface area contributed by atoms with Gasteiger partial charge in [0.2, 0.25) is 10.7 Å². The summed E-state index contributed by atoms with van der Waals surface area (Å²) in [7, 11) is 0. The lowest BCUT2D eigenvalue weighted by Crippen LogP contribution is -2.21. The second-order valence-electron chi connectivity index (χ2n) is 4.18. The molecule has 0 aromatic carbocycles. The zero-order valence-corrected chi connectivity index (χ0v) is 10.9. The Morgan fingerprint density at radius 2 is 1.64 bits per heavy atom. The number of hydrogen-bond donors (Lipinski definition) is 1. The van der Waals surface area contributed by atoms with Crippen LogP contribution in [-0.4, -0.2) is 20.7 Å². The first-order chi connectivity index (χ1) is 10.1. The molecule has 1 N–H and O–H groups in total. The molecule has 0 saturated carbocycles. The van der Waals surface area contributed by atoms with Crippen LogP contribution in [0.4, 0.5) is 38.1 Å². The highest BCUT2D eigenvalue weighted by atomic mass is 32.1. The summed E-state index contributed by atoms with van der Waals surface area (Å²) in [6.45, 7) is 0. The van der Waals surface area contributed by atoms with Crippen LogP contribution in [0.15, 0.2) is 11.1 Å². The summed E-state index contributed by atoms with van der Waals surface area (Å²) in [6, 6.07) is -0.0115. The van der Waals surface area contributed by atoms with Gasteiger partial charge >= 0.3 is 12.4 Å². The van der Waals surface area contributed by atoms with Crippen LogP contribution in [0.3, 0.4) is 0 Å². The molecule has 0 spiro atoms. The lowest BCUT2D eigenvalue weighted by molar-refractivity contribution is -0.142. The molecule has 1 aliphatic rings.